The van der Waals surface area contributed by atoms with Crippen LogP contribution < -0.4 is 13.8 Å². The number of hydrogen-bond acceptors (Lipinski definition) is 6. The van der Waals surface area contributed by atoms with E-state index < -0.39 is 34.4 Å². The topological polar surface area (TPSA) is 136 Å². The van der Waals surface area contributed by atoms with Crippen molar-refractivity contribution in [2.45, 2.75) is 0 Å². The molecule has 9 nitrogen and oxygen atoms in total. The number of anilines is 1. The summed E-state index contributed by atoms with van der Waals surface area (Å²) < 4.78 is 30.5. The van der Waals surface area contributed by atoms with Crippen molar-refractivity contribution in [3.63, 3.8) is 0 Å². The van der Waals surface area contributed by atoms with Crippen LogP contribution in [0.2, 0.25) is 0 Å². The molecule has 20 heavy (non-hydrogen) atoms. The number of phenols is 1. The quantitative estimate of drug-likeness (QED) is 0.608. The van der Waals surface area contributed by atoms with Crippen LogP contribution in [0.3, 0.4) is 0 Å². The van der Waals surface area contributed by atoms with Gasteiger partial charge in [-0.2, -0.15) is 8.42 Å². The van der Waals surface area contributed by atoms with Crippen molar-refractivity contribution in [3.8, 4) is 11.5 Å². The molecule has 1 heterocycles. The average Bonchev–Trinajstić information content (AvgIpc) is 2.60. The van der Waals surface area contributed by atoms with E-state index in [1.54, 1.807) is 0 Å². The smallest absolute Gasteiger partial charge is 0.341 e. The largest absolute Gasteiger partial charge is 0.506 e. The first-order chi connectivity index (χ1) is 9.29. The normalized spacial score (nSPS) is 16.4. The van der Waals surface area contributed by atoms with Gasteiger partial charge in [0.15, 0.2) is 6.61 Å². The first-order valence-electron chi connectivity index (χ1n) is 5.20. The maximum absolute atomic E-state index is 11.6. The lowest BCUT2D eigenvalue weighted by atomic mass is 10.2. The van der Waals surface area contributed by atoms with Crippen molar-refractivity contribution in [2.75, 3.05) is 10.9 Å². The second kappa shape index (κ2) is 4.81. The number of aliphatic hydroxyl groups excluding tert-OH is 1. The molecule has 1 aromatic rings. The van der Waals surface area contributed by atoms with E-state index in [2.05, 4.69) is 0 Å². The molecule has 0 amide bonds. The summed E-state index contributed by atoms with van der Waals surface area (Å²) in [5.74, 6) is -2.17. The lowest BCUT2D eigenvalue weighted by molar-refractivity contribution is -0.139. The average molecular weight is 302 g/mol. The lowest BCUT2D eigenvalue weighted by Gasteiger charge is -2.15. The number of carboxylic acid groups (broad SMARTS) is 1. The van der Waals surface area contributed by atoms with Crippen molar-refractivity contribution in [2.24, 2.45) is 0 Å². The summed E-state index contributed by atoms with van der Waals surface area (Å²) in [5.41, 5.74) is -0.121. The summed E-state index contributed by atoms with van der Waals surface area (Å²) in [4.78, 5) is 10.3. The Bertz CT molecular complexity index is 683. The van der Waals surface area contributed by atoms with Crippen molar-refractivity contribution in [1.82, 2.24) is 4.72 Å². The number of rotatable bonds is 4. The molecular weight excluding hydrogens is 292 g/mol. The number of ether oxygens (including phenoxy) is 1. The highest BCUT2D eigenvalue weighted by Gasteiger charge is 2.30. The van der Waals surface area contributed by atoms with Crippen LogP contribution in [0.25, 0.3) is 0 Å². The monoisotopic (exact) mass is 302 g/mol. The number of aliphatic hydroxyl groups is 1. The number of aliphatic carboxylic acids is 1. The lowest BCUT2D eigenvalue weighted by Crippen LogP contribution is -2.29. The SMILES string of the molecule is O=C(O)COc1ccc(N2C=C(O)NS2(=O)=O)c(O)c1. The summed E-state index contributed by atoms with van der Waals surface area (Å²) in [7, 11) is -4.00. The van der Waals surface area contributed by atoms with E-state index in [0.717, 1.165) is 12.3 Å². The zero-order chi connectivity index (χ0) is 14.9. The third kappa shape index (κ3) is 2.69. The Labute approximate surface area is 113 Å². The highest BCUT2D eigenvalue weighted by atomic mass is 32.2. The van der Waals surface area contributed by atoms with Crippen LogP contribution in [0.1, 0.15) is 0 Å². The molecule has 0 saturated heterocycles. The molecule has 1 aliphatic heterocycles. The fourth-order valence-corrected chi connectivity index (χ4v) is 2.58. The molecule has 0 aromatic heterocycles. The zero-order valence-corrected chi connectivity index (χ0v) is 10.7. The van der Waals surface area contributed by atoms with Crippen LogP contribution in [0.15, 0.2) is 30.3 Å². The summed E-state index contributed by atoms with van der Waals surface area (Å²) in [6.45, 7) is -0.594. The Kier molecular flexibility index (Phi) is 3.32. The molecule has 0 spiro atoms. The number of benzene rings is 1. The highest BCUT2D eigenvalue weighted by molar-refractivity contribution is 7.91. The number of nitrogens with one attached hydrogen (secondary N) is 1. The van der Waals surface area contributed by atoms with Gasteiger partial charge in [0.05, 0.1) is 6.20 Å². The number of phenolic OH excluding ortho intramolecular Hbond substituents is 1. The van der Waals surface area contributed by atoms with Gasteiger partial charge in [-0.05, 0) is 12.1 Å². The van der Waals surface area contributed by atoms with E-state index in [1.807, 2.05) is 4.72 Å². The Balaban J connectivity index is 2.29. The summed E-state index contributed by atoms with van der Waals surface area (Å²) in [6, 6.07) is 3.56. The number of aromatic hydroxyl groups is 1. The molecular formula is C10H10N2O7S. The van der Waals surface area contributed by atoms with Gasteiger partial charge in [-0.1, -0.05) is 0 Å². The van der Waals surface area contributed by atoms with E-state index in [1.165, 1.54) is 12.1 Å². The molecule has 0 bridgehead atoms. The van der Waals surface area contributed by atoms with E-state index >= 15 is 0 Å². The van der Waals surface area contributed by atoms with Gasteiger partial charge in [-0.25, -0.2) is 13.8 Å². The predicted molar refractivity (Wildman–Crippen MR) is 66.5 cm³/mol. The molecule has 4 N–H and O–H groups in total. The molecule has 0 atom stereocenters. The van der Waals surface area contributed by atoms with Crippen LogP contribution in [0.5, 0.6) is 11.5 Å². The van der Waals surface area contributed by atoms with Crippen LogP contribution in [-0.2, 0) is 15.0 Å². The van der Waals surface area contributed by atoms with Gasteiger partial charge in [0.25, 0.3) is 0 Å². The summed E-state index contributed by atoms with van der Waals surface area (Å²) in [5, 5.41) is 27.4. The maximum atomic E-state index is 11.6. The minimum atomic E-state index is -4.00. The van der Waals surface area contributed by atoms with Gasteiger partial charge >= 0.3 is 16.2 Å². The summed E-state index contributed by atoms with van der Waals surface area (Å²) >= 11 is 0. The van der Waals surface area contributed by atoms with E-state index in [0.29, 0.717) is 4.31 Å². The maximum Gasteiger partial charge on any atom is 0.341 e. The fraction of sp³-hybridized carbons (Fsp3) is 0.100. The van der Waals surface area contributed by atoms with Gasteiger partial charge in [0, 0.05) is 6.07 Å². The molecule has 10 heteroatoms. The van der Waals surface area contributed by atoms with Gasteiger partial charge in [0.1, 0.15) is 17.2 Å². The molecule has 1 aliphatic rings. The number of hydrogen-bond donors (Lipinski definition) is 4. The molecule has 0 saturated carbocycles. The van der Waals surface area contributed by atoms with Crippen molar-refractivity contribution < 1.29 is 33.3 Å². The van der Waals surface area contributed by atoms with Crippen molar-refractivity contribution in [3.05, 3.63) is 30.3 Å². The molecule has 1 aromatic carbocycles. The van der Waals surface area contributed by atoms with E-state index in [9.17, 15) is 18.3 Å². The van der Waals surface area contributed by atoms with Gasteiger partial charge in [-0.3, -0.25) is 0 Å². The Morgan fingerprint density at radius 2 is 2.05 bits per heavy atom. The Hall–Kier alpha value is -2.62. The van der Waals surface area contributed by atoms with Crippen LogP contribution in [0.4, 0.5) is 5.69 Å². The predicted octanol–water partition coefficient (Wildman–Crippen LogP) is -0.133. The number of nitrogens with zero attached hydrogens (tertiary/aromatic N) is 1. The number of carboxylic acids is 1. The van der Waals surface area contributed by atoms with Crippen molar-refractivity contribution >= 4 is 21.9 Å². The first-order valence-corrected chi connectivity index (χ1v) is 6.64. The van der Waals surface area contributed by atoms with Crippen LogP contribution >= 0.6 is 0 Å². The molecule has 0 unspecified atom stereocenters. The molecule has 2 rings (SSSR count). The van der Waals surface area contributed by atoms with Crippen molar-refractivity contribution in [1.29, 1.82) is 0 Å². The second-order valence-electron chi connectivity index (χ2n) is 3.75. The van der Waals surface area contributed by atoms with Crippen LogP contribution in [-0.4, -0.2) is 36.3 Å². The molecule has 0 aliphatic carbocycles. The minimum absolute atomic E-state index is 0.0615. The zero-order valence-electron chi connectivity index (χ0n) is 9.85. The van der Waals surface area contributed by atoms with Crippen LogP contribution in [0, 0.1) is 0 Å². The molecule has 0 fully saturated rings. The summed E-state index contributed by atoms with van der Waals surface area (Å²) in [6.07, 6.45) is 0.877. The third-order valence-electron chi connectivity index (χ3n) is 2.28. The molecule has 0 radical (unpaired) electrons. The second-order valence-corrected chi connectivity index (χ2v) is 5.30. The van der Waals surface area contributed by atoms with Gasteiger partial charge < -0.3 is 20.1 Å². The van der Waals surface area contributed by atoms with Gasteiger partial charge in [-0.15, -0.1) is 0 Å². The highest BCUT2D eigenvalue weighted by Crippen LogP contribution is 2.34. The Morgan fingerprint density at radius 3 is 2.55 bits per heavy atom. The third-order valence-corrected chi connectivity index (χ3v) is 3.57. The van der Waals surface area contributed by atoms with E-state index in [-0.39, 0.29) is 11.4 Å². The first kappa shape index (κ1) is 13.8. The number of carbonyl (C=O) groups is 1. The Morgan fingerprint density at radius 1 is 1.35 bits per heavy atom. The van der Waals surface area contributed by atoms with E-state index in [4.69, 9.17) is 14.9 Å². The fourth-order valence-electron chi connectivity index (χ4n) is 1.51. The molecule has 108 valence electrons. The minimum Gasteiger partial charge on any atom is -0.506 e. The standard InChI is InChI=1S/C10H10N2O7S/c13-8-3-6(19-5-10(15)16)1-2-7(8)12-4-9(14)11-20(12,17)18/h1-4,11,13-14H,5H2,(H,15,16). The van der Waals surface area contributed by atoms with Gasteiger partial charge in [0.2, 0.25) is 5.88 Å².